The largest absolute Gasteiger partial charge is 0.389 e. The first kappa shape index (κ1) is 15.7. The van der Waals surface area contributed by atoms with Gasteiger partial charge in [0.2, 0.25) is 0 Å². The van der Waals surface area contributed by atoms with Crippen molar-refractivity contribution in [3.05, 3.63) is 29.6 Å². The Bertz CT molecular complexity index is 498. The van der Waals surface area contributed by atoms with Crippen molar-refractivity contribution in [1.29, 1.82) is 5.26 Å². The van der Waals surface area contributed by atoms with Crippen molar-refractivity contribution in [2.24, 2.45) is 0 Å². The van der Waals surface area contributed by atoms with Crippen LogP contribution < -0.4 is 5.32 Å². The van der Waals surface area contributed by atoms with E-state index in [4.69, 9.17) is 14.7 Å². The Morgan fingerprint density at radius 2 is 2.43 bits per heavy atom. The van der Waals surface area contributed by atoms with Crippen LogP contribution in [0.15, 0.2) is 18.2 Å². The maximum Gasteiger partial charge on any atom is 0.124 e. The molecule has 0 radical (unpaired) electrons. The number of nitriles is 1. The van der Waals surface area contributed by atoms with Gasteiger partial charge in [0.15, 0.2) is 0 Å². The predicted molar refractivity (Wildman–Crippen MR) is 75.4 cm³/mol. The van der Waals surface area contributed by atoms with E-state index in [0.717, 1.165) is 25.5 Å². The van der Waals surface area contributed by atoms with Gasteiger partial charge in [0.25, 0.3) is 0 Å². The summed E-state index contributed by atoms with van der Waals surface area (Å²) in [5.41, 5.74) is 0.708. The first-order valence-corrected chi connectivity index (χ1v) is 7.00. The molecule has 1 heterocycles. The number of rotatable bonds is 7. The number of halogens is 1. The van der Waals surface area contributed by atoms with E-state index in [2.05, 4.69) is 5.32 Å². The van der Waals surface area contributed by atoms with Gasteiger partial charge >= 0.3 is 0 Å². The van der Waals surface area contributed by atoms with Gasteiger partial charge in [-0.2, -0.15) is 5.26 Å². The van der Waals surface area contributed by atoms with E-state index in [-0.39, 0.29) is 24.8 Å². The summed E-state index contributed by atoms with van der Waals surface area (Å²) in [6.07, 6.45) is 1.48. The molecule has 1 aliphatic heterocycles. The molecule has 0 bridgehead atoms. The van der Waals surface area contributed by atoms with Crippen molar-refractivity contribution in [3.63, 3.8) is 0 Å². The molecular formula is C15H19FN2O3. The van der Waals surface area contributed by atoms with Gasteiger partial charge in [0.1, 0.15) is 11.9 Å². The van der Waals surface area contributed by atoms with Gasteiger partial charge in [-0.25, -0.2) is 4.39 Å². The van der Waals surface area contributed by atoms with Crippen LogP contribution in [0.3, 0.4) is 0 Å². The zero-order chi connectivity index (χ0) is 15.1. The van der Waals surface area contributed by atoms with E-state index in [9.17, 15) is 9.50 Å². The summed E-state index contributed by atoms with van der Waals surface area (Å²) in [7, 11) is 0. The molecule has 21 heavy (non-hydrogen) atoms. The molecule has 6 heteroatoms. The van der Waals surface area contributed by atoms with Crippen LogP contribution in [-0.4, -0.2) is 43.7 Å². The molecule has 1 aromatic carbocycles. The predicted octanol–water partition coefficient (Wildman–Crippen LogP) is 1.67. The fourth-order valence-electron chi connectivity index (χ4n) is 2.16. The molecule has 0 spiro atoms. The third-order valence-corrected chi connectivity index (χ3v) is 3.27. The summed E-state index contributed by atoms with van der Waals surface area (Å²) in [6, 6.07) is 5.81. The number of ether oxygens (including phenoxy) is 2. The minimum Gasteiger partial charge on any atom is -0.389 e. The number of aliphatic hydroxyl groups is 1. The molecule has 2 atom stereocenters. The lowest BCUT2D eigenvalue weighted by atomic mass is 10.2. The molecule has 1 fully saturated rings. The smallest absolute Gasteiger partial charge is 0.124 e. The van der Waals surface area contributed by atoms with Crippen LogP contribution >= 0.6 is 0 Å². The molecule has 114 valence electrons. The molecule has 2 unspecified atom stereocenters. The monoisotopic (exact) mass is 294 g/mol. The number of benzene rings is 1. The first-order valence-electron chi connectivity index (χ1n) is 7.00. The average molecular weight is 294 g/mol. The lowest BCUT2D eigenvalue weighted by Gasteiger charge is -2.15. The van der Waals surface area contributed by atoms with Gasteiger partial charge in [-0.15, -0.1) is 0 Å². The van der Waals surface area contributed by atoms with Gasteiger partial charge in [0.05, 0.1) is 36.7 Å². The Kier molecular flexibility index (Phi) is 5.93. The third kappa shape index (κ3) is 4.97. The molecule has 0 amide bonds. The molecule has 0 aromatic heterocycles. The van der Waals surface area contributed by atoms with Crippen LogP contribution in [0, 0.1) is 17.1 Å². The highest BCUT2D eigenvalue weighted by atomic mass is 19.1. The molecule has 1 saturated heterocycles. The van der Waals surface area contributed by atoms with Crippen LogP contribution in [0.25, 0.3) is 0 Å². The Morgan fingerprint density at radius 3 is 3.14 bits per heavy atom. The third-order valence-electron chi connectivity index (χ3n) is 3.27. The van der Waals surface area contributed by atoms with Crippen LogP contribution in [0.2, 0.25) is 0 Å². The lowest BCUT2D eigenvalue weighted by Crippen LogP contribution is -2.27. The Hall–Kier alpha value is -1.68. The summed E-state index contributed by atoms with van der Waals surface area (Å²) >= 11 is 0. The molecule has 0 saturated carbocycles. The van der Waals surface area contributed by atoms with Crippen molar-refractivity contribution in [3.8, 4) is 6.07 Å². The second-order valence-electron chi connectivity index (χ2n) is 5.01. The number of nitrogens with zero attached hydrogens (tertiary/aromatic N) is 1. The molecule has 2 rings (SSSR count). The molecule has 1 aromatic rings. The minimum atomic E-state index is -0.706. The lowest BCUT2D eigenvalue weighted by molar-refractivity contribution is -0.0137. The van der Waals surface area contributed by atoms with Crippen LogP contribution in [0.4, 0.5) is 10.1 Å². The summed E-state index contributed by atoms with van der Waals surface area (Å²) in [5.74, 6) is -0.461. The van der Waals surface area contributed by atoms with Crippen molar-refractivity contribution in [2.45, 2.75) is 25.0 Å². The average Bonchev–Trinajstić information content (AvgIpc) is 2.99. The van der Waals surface area contributed by atoms with Gasteiger partial charge in [-0.3, -0.25) is 0 Å². The molecule has 1 aliphatic rings. The van der Waals surface area contributed by atoms with Crippen molar-refractivity contribution < 1.29 is 19.0 Å². The summed E-state index contributed by atoms with van der Waals surface area (Å²) in [5, 5.41) is 21.6. The Balaban J connectivity index is 1.71. The van der Waals surface area contributed by atoms with Crippen LogP contribution in [0.5, 0.6) is 0 Å². The number of anilines is 1. The summed E-state index contributed by atoms with van der Waals surface area (Å²) in [6.45, 7) is 1.68. The van der Waals surface area contributed by atoms with E-state index in [1.807, 2.05) is 6.07 Å². The van der Waals surface area contributed by atoms with Crippen LogP contribution in [-0.2, 0) is 9.47 Å². The Labute approximate surface area is 123 Å². The van der Waals surface area contributed by atoms with E-state index in [0.29, 0.717) is 12.3 Å². The van der Waals surface area contributed by atoms with E-state index >= 15 is 0 Å². The summed E-state index contributed by atoms with van der Waals surface area (Å²) in [4.78, 5) is 0. The zero-order valence-corrected chi connectivity index (χ0v) is 11.7. The fourth-order valence-corrected chi connectivity index (χ4v) is 2.16. The van der Waals surface area contributed by atoms with Crippen molar-refractivity contribution in [2.75, 3.05) is 31.7 Å². The van der Waals surface area contributed by atoms with E-state index < -0.39 is 11.9 Å². The minimum absolute atomic E-state index is 0.132. The number of nitrogens with one attached hydrogen (secondary N) is 1. The van der Waals surface area contributed by atoms with Gasteiger partial charge < -0.3 is 19.9 Å². The standard InChI is InChI=1S/C15H19FN2O3/c16-12-3-4-15(11(6-12)7-17)18-8-13(19)9-20-10-14-2-1-5-21-14/h3-4,6,13-14,18-19H,1-2,5,8-10H2. The van der Waals surface area contributed by atoms with E-state index in [1.165, 1.54) is 12.1 Å². The normalized spacial score (nSPS) is 19.2. The number of hydrogen-bond donors (Lipinski definition) is 2. The number of aliphatic hydroxyl groups excluding tert-OH is 1. The summed E-state index contributed by atoms with van der Waals surface area (Å²) < 4.78 is 23.8. The maximum atomic E-state index is 13.0. The van der Waals surface area contributed by atoms with Gasteiger partial charge in [-0.1, -0.05) is 0 Å². The van der Waals surface area contributed by atoms with Gasteiger partial charge in [0, 0.05) is 13.2 Å². The molecule has 5 nitrogen and oxygen atoms in total. The zero-order valence-electron chi connectivity index (χ0n) is 11.7. The van der Waals surface area contributed by atoms with E-state index in [1.54, 1.807) is 0 Å². The van der Waals surface area contributed by atoms with Crippen LogP contribution in [0.1, 0.15) is 18.4 Å². The van der Waals surface area contributed by atoms with Crippen molar-refractivity contribution >= 4 is 5.69 Å². The second kappa shape index (κ2) is 7.93. The Morgan fingerprint density at radius 1 is 1.57 bits per heavy atom. The second-order valence-corrected chi connectivity index (χ2v) is 5.01. The highest BCUT2D eigenvalue weighted by molar-refractivity contribution is 5.57. The SMILES string of the molecule is N#Cc1cc(F)ccc1NCC(O)COCC1CCCO1. The molecule has 2 N–H and O–H groups in total. The topological polar surface area (TPSA) is 74.5 Å². The number of hydrogen-bond acceptors (Lipinski definition) is 5. The quantitative estimate of drug-likeness (QED) is 0.800. The molecule has 0 aliphatic carbocycles. The highest BCUT2D eigenvalue weighted by Crippen LogP contribution is 2.16. The maximum absolute atomic E-state index is 13.0. The first-order chi connectivity index (χ1) is 10.2. The fraction of sp³-hybridized carbons (Fsp3) is 0.533. The van der Waals surface area contributed by atoms with Gasteiger partial charge in [-0.05, 0) is 31.0 Å². The molecular weight excluding hydrogens is 275 g/mol. The highest BCUT2D eigenvalue weighted by Gasteiger charge is 2.16. The van der Waals surface area contributed by atoms with Crippen molar-refractivity contribution in [1.82, 2.24) is 0 Å².